The first kappa shape index (κ1) is 14.8. The Morgan fingerprint density at radius 2 is 1.65 bits per heavy atom. The van der Waals surface area contributed by atoms with Gasteiger partial charge >= 0.3 is 0 Å². The first-order valence-corrected chi connectivity index (χ1v) is 8.57. The molecule has 4 nitrogen and oxygen atoms in total. The normalized spacial score (nSPS) is 11.9. The molecular formula is C14H14N2O2S2. The highest BCUT2D eigenvalue weighted by Gasteiger charge is 2.05. The fourth-order valence-electron chi connectivity index (χ4n) is 1.56. The molecule has 0 aromatic heterocycles. The number of nitrogens with two attached hydrogens (primary N) is 1. The minimum Gasteiger partial charge on any atom is -0.256 e. The fourth-order valence-corrected chi connectivity index (χ4v) is 2.48. The van der Waals surface area contributed by atoms with Crippen LogP contribution in [0.1, 0.15) is 5.56 Å². The van der Waals surface area contributed by atoms with E-state index in [0.717, 1.165) is 5.56 Å². The molecule has 2 aromatic carbocycles. The van der Waals surface area contributed by atoms with Crippen molar-refractivity contribution in [1.29, 1.82) is 0 Å². The summed E-state index contributed by atoms with van der Waals surface area (Å²) in [6, 6.07) is 14.1. The predicted molar refractivity (Wildman–Crippen MR) is 83.3 cm³/mol. The third kappa shape index (κ3) is 3.93. The molecule has 2 rings (SSSR count). The molecule has 0 bridgehead atoms. The second kappa shape index (κ2) is 6.21. The first-order valence-electron chi connectivity index (χ1n) is 5.80. The largest absolute Gasteiger partial charge is 0.256 e. The molecule has 0 amide bonds. The van der Waals surface area contributed by atoms with Crippen LogP contribution in [0.25, 0.3) is 0 Å². The van der Waals surface area contributed by atoms with Gasteiger partial charge in [0, 0.05) is 11.1 Å². The molecule has 0 aliphatic heterocycles. The second-order valence-electron chi connectivity index (χ2n) is 4.07. The zero-order valence-electron chi connectivity index (χ0n) is 10.9. The average Bonchev–Trinajstić information content (AvgIpc) is 2.45. The van der Waals surface area contributed by atoms with Crippen molar-refractivity contribution in [2.75, 3.05) is 6.26 Å². The van der Waals surface area contributed by atoms with Gasteiger partial charge in [0.05, 0.1) is 10.6 Å². The van der Waals surface area contributed by atoms with Crippen LogP contribution in [0.3, 0.4) is 0 Å². The third-order valence-electron chi connectivity index (χ3n) is 2.64. The van der Waals surface area contributed by atoms with Gasteiger partial charge in [-0.05, 0) is 48.2 Å². The summed E-state index contributed by atoms with van der Waals surface area (Å²) in [6.07, 6.45) is 3.76. The van der Waals surface area contributed by atoms with Crippen molar-refractivity contribution in [3.8, 4) is 0 Å². The summed E-state index contributed by atoms with van der Waals surface area (Å²) < 4.78 is 22.2. The molecule has 0 saturated heterocycles. The smallest absolute Gasteiger partial charge is 0.238 e. The summed E-state index contributed by atoms with van der Waals surface area (Å²) in [4.78, 5) is 5.57. The maximum atomic E-state index is 11.1. The molecule has 0 spiro atoms. The standard InChI is InChI=1S/C14H14N2O2S2/c1-19-13-6-2-11(3-7-13)10-16-12-4-8-14(9-5-12)20(15,17)18/h2-10H,1H3,(H2,15,17,18)/b16-10+. The van der Waals surface area contributed by atoms with Gasteiger partial charge in [-0.15, -0.1) is 11.8 Å². The molecule has 0 heterocycles. The number of thioether (sulfide) groups is 1. The van der Waals surface area contributed by atoms with E-state index in [2.05, 4.69) is 4.99 Å². The Kier molecular flexibility index (Phi) is 4.59. The van der Waals surface area contributed by atoms with Crippen molar-refractivity contribution in [2.24, 2.45) is 10.1 Å². The number of hydrogen-bond acceptors (Lipinski definition) is 4. The average molecular weight is 306 g/mol. The second-order valence-corrected chi connectivity index (χ2v) is 6.51. The number of nitrogens with zero attached hydrogens (tertiary/aromatic N) is 1. The molecule has 6 heteroatoms. The lowest BCUT2D eigenvalue weighted by molar-refractivity contribution is 0.598. The summed E-state index contributed by atoms with van der Waals surface area (Å²) in [5.74, 6) is 0. The van der Waals surface area contributed by atoms with Crippen LogP contribution in [0.5, 0.6) is 0 Å². The van der Waals surface area contributed by atoms with Crippen molar-refractivity contribution in [1.82, 2.24) is 0 Å². The first-order chi connectivity index (χ1) is 9.49. The highest BCUT2D eigenvalue weighted by molar-refractivity contribution is 7.98. The summed E-state index contributed by atoms with van der Waals surface area (Å²) in [5, 5.41) is 5.03. The van der Waals surface area contributed by atoms with Crippen LogP contribution >= 0.6 is 11.8 Å². The topological polar surface area (TPSA) is 72.5 Å². The lowest BCUT2D eigenvalue weighted by atomic mass is 10.2. The van der Waals surface area contributed by atoms with Crippen molar-refractivity contribution in [2.45, 2.75) is 9.79 Å². The van der Waals surface area contributed by atoms with E-state index in [0.29, 0.717) is 5.69 Å². The SMILES string of the molecule is CSc1ccc(/C=N/c2ccc(S(N)(=O)=O)cc2)cc1. The minimum atomic E-state index is -3.65. The molecule has 20 heavy (non-hydrogen) atoms. The summed E-state index contributed by atoms with van der Waals surface area (Å²) in [6.45, 7) is 0. The summed E-state index contributed by atoms with van der Waals surface area (Å²) in [5.41, 5.74) is 1.66. The molecule has 104 valence electrons. The Bertz CT molecular complexity index is 706. The number of aliphatic imine (C=N–C) groups is 1. The van der Waals surface area contributed by atoms with Crippen LogP contribution in [0.15, 0.2) is 63.3 Å². The molecule has 0 atom stereocenters. The number of hydrogen-bond donors (Lipinski definition) is 1. The number of benzene rings is 2. The van der Waals surface area contributed by atoms with Gasteiger partial charge in [-0.1, -0.05) is 12.1 Å². The number of primary sulfonamides is 1. The predicted octanol–water partition coefficient (Wildman–Crippen LogP) is 2.81. The summed E-state index contributed by atoms with van der Waals surface area (Å²) in [7, 11) is -3.65. The van der Waals surface area contributed by atoms with Crippen LogP contribution in [-0.2, 0) is 10.0 Å². The zero-order chi connectivity index (χ0) is 14.6. The molecule has 0 radical (unpaired) electrons. The zero-order valence-corrected chi connectivity index (χ0v) is 12.5. The van der Waals surface area contributed by atoms with E-state index in [4.69, 9.17) is 5.14 Å². The molecule has 0 aliphatic rings. The summed E-state index contributed by atoms with van der Waals surface area (Å²) >= 11 is 1.68. The Labute approximate surface area is 122 Å². The Balaban J connectivity index is 2.14. The van der Waals surface area contributed by atoms with E-state index < -0.39 is 10.0 Å². The molecule has 2 N–H and O–H groups in total. The van der Waals surface area contributed by atoms with Gasteiger partial charge in [0.25, 0.3) is 0 Å². The van der Waals surface area contributed by atoms with Gasteiger partial charge in [0.1, 0.15) is 0 Å². The minimum absolute atomic E-state index is 0.0840. The monoisotopic (exact) mass is 306 g/mol. The van der Waals surface area contributed by atoms with Crippen molar-refractivity contribution in [3.05, 3.63) is 54.1 Å². The molecule has 0 fully saturated rings. The Morgan fingerprint density at radius 3 is 2.15 bits per heavy atom. The van der Waals surface area contributed by atoms with E-state index in [-0.39, 0.29) is 4.90 Å². The van der Waals surface area contributed by atoms with Crippen molar-refractivity contribution in [3.63, 3.8) is 0 Å². The maximum absolute atomic E-state index is 11.1. The van der Waals surface area contributed by atoms with Gasteiger partial charge in [0.2, 0.25) is 10.0 Å². The van der Waals surface area contributed by atoms with Gasteiger partial charge < -0.3 is 0 Å². The Morgan fingerprint density at radius 1 is 1.05 bits per heavy atom. The van der Waals surface area contributed by atoms with Crippen molar-refractivity contribution < 1.29 is 8.42 Å². The Hall–Kier alpha value is -1.63. The van der Waals surface area contributed by atoms with Crippen LogP contribution in [-0.4, -0.2) is 20.9 Å². The lowest BCUT2D eigenvalue weighted by Crippen LogP contribution is -2.11. The van der Waals surface area contributed by atoms with Gasteiger partial charge in [-0.25, -0.2) is 13.6 Å². The third-order valence-corrected chi connectivity index (χ3v) is 4.32. The molecule has 0 unspecified atom stereocenters. The molecular weight excluding hydrogens is 292 g/mol. The van der Waals surface area contributed by atoms with Crippen LogP contribution < -0.4 is 5.14 Å². The van der Waals surface area contributed by atoms with Gasteiger partial charge in [-0.2, -0.15) is 0 Å². The number of rotatable bonds is 4. The van der Waals surface area contributed by atoms with Gasteiger partial charge in [0.15, 0.2) is 0 Å². The van der Waals surface area contributed by atoms with E-state index in [1.54, 1.807) is 30.1 Å². The lowest BCUT2D eigenvalue weighted by Gasteiger charge is -1.99. The van der Waals surface area contributed by atoms with Crippen LogP contribution in [0.2, 0.25) is 0 Å². The van der Waals surface area contributed by atoms with Crippen LogP contribution in [0.4, 0.5) is 5.69 Å². The van der Waals surface area contributed by atoms with Crippen molar-refractivity contribution >= 4 is 33.7 Å². The highest BCUT2D eigenvalue weighted by atomic mass is 32.2. The number of sulfonamides is 1. The van der Waals surface area contributed by atoms with E-state index >= 15 is 0 Å². The van der Waals surface area contributed by atoms with E-state index in [9.17, 15) is 8.42 Å². The quantitative estimate of drug-likeness (QED) is 0.697. The van der Waals surface area contributed by atoms with E-state index in [1.807, 2.05) is 30.5 Å². The fraction of sp³-hybridized carbons (Fsp3) is 0.0714. The van der Waals surface area contributed by atoms with Crippen LogP contribution in [0, 0.1) is 0 Å². The highest BCUT2D eigenvalue weighted by Crippen LogP contribution is 2.17. The molecule has 0 saturated carbocycles. The maximum Gasteiger partial charge on any atom is 0.238 e. The van der Waals surface area contributed by atoms with Gasteiger partial charge in [-0.3, -0.25) is 4.99 Å². The van der Waals surface area contributed by atoms with E-state index in [1.165, 1.54) is 17.0 Å². The molecule has 0 aliphatic carbocycles. The molecule has 2 aromatic rings.